The number of nitrogens with zero attached hydrogens (tertiary/aromatic N) is 4. The Bertz CT molecular complexity index is 1630. The fourth-order valence-corrected chi connectivity index (χ4v) is 6.03. The second-order valence-corrected chi connectivity index (χ2v) is 12.7. The minimum Gasteiger partial charge on any atom is -0.495 e. The predicted octanol–water partition coefficient (Wildman–Crippen LogP) is 5.00. The lowest BCUT2D eigenvalue weighted by atomic mass is 9.87. The number of nitrogens with one attached hydrogen (secondary N) is 3. The summed E-state index contributed by atoms with van der Waals surface area (Å²) >= 11 is 3.51. The smallest absolute Gasteiger partial charge is 0.229 e. The molecular weight excluding hydrogens is 582 g/mol. The summed E-state index contributed by atoms with van der Waals surface area (Å²) in [6.45, 7) is 4.15. The van der Waals surface area contributed by atoms with Gasteiger partial charge in [-0.2, -0.15) is 4.98 Å². The summed E-state index contributed by atoms with van der Waals surface area (Å²) in [5.74, 6) is 1.85. The number of anilines is 4. The lowest BCUT2D eigenvalue weighted by Crippen LogP contribution is -2.27. The van der Waals surface area contributed by atoms with E-state index in [0.717, 1.165) is 37.4 Å². The third kappa shape index (κ3) is 6.29. The van der Waals surface area contributed by atoms with Crippen LogP contribution in [0, 0.1) is 6.92 Å². The molecule has 2 aromatic heterocycles. The lowest BCUT2D eigenvalue weighted by Gasteiger charge is -2.25. The molecule has 0 atom stereocenters. The number of hydrogen-bond acceptors (Lipinski definition) is 10. The summed E-state index contributed by atoms with van der Waals surface area (Å²) < 4.78 is 30.8. The molecule has 5 rings (SSSR count). The van der Waals surface area contributed by atoms with E-state index in [1.807, 2.05) is 0 Å². The van der Waals surface area contributed by atoms with Crippen LogP contribution in [0.2, 0.25) is 0 Å². The van der Waals surface area contributed by atoms with E-state index in [2.05, 4.69) is 70.9 Å². The maximum atomic E-state index is 12.3. The number of methoxy groups -OCH3 is 1. The molecule has 2 aromatic carbocycles. The van der Waals surface area contributed by atoms with Crippen molar-refractivity contribution in [3.8, 4) is 5.75 Å². The van der Waals surface area contributed by atoms with Gasteiger partial charge in [0.15, 0.2) is 9.84 Å². The van der Waals surface area contributed by atoms with Crippen LogP contribution in [-0.2, 0) is 15.6 Å². The van der Waals surface area contributed by atoms with E-state index < -0.39 is 9.84 Å². The van der Waals surface area contributed by atoms with Crippen molar-refractivity contribution in [2.24, 2.45) is 0 Å². The Labute approximate surface area is 236 Å². The summed E-state index contributed by atoms with van der Waals surface area (Å²) in [7, 11) is -1.69. The van der Waals surface area contributed by atoms with Crippen LogP contribution in [0.1, 0.15) is 35.4 Å². The van der Waals surface area contributed by atoms with Crippen LogP contribution in [0.15, 0.2) is 47.3 Å². The molecule has 0 bridgehead atoms. The number of rotatable bonds is 8. The first kappa shape index (κ1) is 27.2. The zero-order chi connectivity index (χ0) is 27.6. The van der Waals surface area contributed by atoms with E-state index in [0.29, 0.717) is 44.4 Å². The second-order valence-electron chi connectivity index (χ2n) is 9.66. The van der Waals surface area contributed by atoms with Crippen LogP contribution in [0.25, 0.3) is 11.0 Å². The van der Waals surface area contributed by atoms with Gasteiger partial charge in [0.05, 0.1) is 34.1 Å². The van der Waals surface area contributed by atoms with Crippen LogP contribution in [-0.4, -0.2) is 54.8 Å². The molecule has 3 N–H and O–H groups in total. The molecule has 0 aliphatic carbocycles. The highest BCUT2D eigenvalue weighted by Crippen LogP contribution is 2.37. The normalized spacial score (nSPS) is 14.4. The molecule has 1 fully saturated rings. The van der Waals surface area contributed by atoms with Crippen LogP contribution in [0.4, 0.5) is 23.1 Å². The Balaban J connectivity index is 1.46. The topological polar surface area (TPSA) is 131 Å². The van der Waals surface area contributed by atoms with Gasteiger partial charge in [0.2, 0.25) is 5.95 Å². The largest absolute Gasteiger partial charge is 0.495 e. The van der Waals surface area contributed by atoms with Gasteiger partial charge in [-0.3, -0.25) is 9.97 Å². The molecule has 0 spiro atoms. The first-order valence-corrected chi connectivity index (χ1v) is 15.4. The monoisotopic (exact) mass is 611 g/mol. The molecule has 0 unspecified atom stereocenters. The number of ether oxygens (including phenoxy) is 1. The average Bonchev–Trinajstić information content (AvgIpc) is 2.92. The number of hydrogen-bond donors (Lipinski definition) is 3. The van der Waals surface area contributed by atoms with E-state index in [-0.39, 0.29) is 5.75 Å². The summed E-state index contributed by atoms with van der Waals surface area (Å²) in [5.41, 5.74) is 5.47. The highest BCUT2D eigenvalue weighted by Gasteiger charge is 2.20. The quantitative estimate of drug-likeness (QED) is 0.250. The van der Waals surface area contributed by atoms with Crippen molar-refractivity contribution in [1.82, 2.24) is 25.3 Å². The molecule has 1 aliphatic heterocycles. The van der Waals surface area contributed by atoms with Gasteiger partial charge in [-0.1, -0.05) is 0 Å². The Hall–Kier alpha value is -3.35. The van der Waals surface area contributed by atoms with Crippen LogP contribution in [0.3, 0.4) is 0 Å². The Morgan fingerprint density at radius 3 is 2.59 bits per heavy atom. The first-order chi connectivity index (χ1) is 18.7. The molecule has 39 heavy (non-hydrogen) atoms. The van der Waals surface area contributed by atoms with E-state index in [1.165, 1.54) is 17.4 Å². The average molecular weight is 613 g/mol. The molecule has 10 nitrogen and oxygen atoms in total. The highest BCUT2D eigenvalue weighted by molar-refractivity contribution is 9.10. The van der Waals surface area contributed by atoms with Gasteiger partial charge in [0.25, 0.3) is 0 Å². The number of halogens is 1. The molecule has 0 saturated carbocycles. The molecule has 4 aromatic rings. The molecule has 0 amide bonds. The number of piperidine rings is 1. The van der Waals surface area contributed by atoms with Gasteiger partial charge in [0.1, 0.15) is 11.6 Å². The van der Waals surface area contributed by atoms with Crippen molar-refractivity contribution in [1.29, 1.82) is 0 Å². The van der Waals surface area contributed by atoms with Gasteiger partial charge < -0.3 is 20.7 Å². The van der Waals surface area contributed by atoms with Crippen LogP contribution in [0.5, 0.6) is 5.75 Å². The number of aryl methyl sites for hydroxylation is 1. The molecule has 3 heterocycles. The number of fused-ring (bicyclic) bond motifs is 1. The van der Waals surface area contributed by atoms with Gasteiger partial charge in [-0.05, 0) is 90.1 Å². The second kappa shape index (κ2) is 11.4. The standard InChI is InChI=1S/C27H30BrN7O3S/c1-16-12-23(24(38-2)13-18(16)17-6-8-29-9-7-17)34-27-32-14-20(28)26(35-27)33-21-4-5-22-25(31-11-10-30-22)19(21)15-39(3,36)37/h4-5,10-14,17,29H,6-9,15H2,1-3H3,(H2,32,33,34,35). The number of benzene rings is 2. The van der Waals surface area contributed by atoms with Gasteiger partial charge in [-0.15, -0.1) is 0 Å². The number of sulfone groups is 1. The van der Waals surface area contributed by atoms with Gasteiger partial charge >= 0.3 is 0 Å². The van der Waals surface area contributed by atoms with E-state index in [4.69, 9.17) is 4.74 Å². The minimum absolute atomic E-state index is 0.195. The van der Waals surface area contributed by atoms with E-state index >= 15 is 0 Å². The maximum absolute atomic E-state index is 12.3. The van der Waals surface area contributed by atoms with Crippen molar-refractivity contribution >= 4 is 59.9 Å². The SMILES string of the molecule is COc1cc(C2CCNCC2)c(C)cc1Nc1ncc(Br)c(Nc2ccc3nccnc3c2CS(C)(=O)=O)n1. The van der Waals surface area contributed by atoms with Crippen molar-refractivity contribution in [3.63, 3.8) is 0 Å². The van der Waals surface area contributed by atoms with Crippen LogP contribution < -0.4 is 20.7 Å². The Morgan fingerprint density at radius 2 is 1.85 bits per heavy atom. The molecule has 0 radical (unpaired) electrons. The molecular formula is C27H30BrN7O3S. The third-order valence-electron chi connectivity index (χ3n) is 6.76. The molecule has 204 valence electrons. The summed E-state index contributed by atoms with van der Waals surface area (Å²) in [6.07, 6.45) is 8.16. The van der Waals surface area contributed by atoms with Crippen molar-refractivity contribution in [3.05, 3.63) is 64.0 Å². The van der Waals surface area contributed by atoms with E-state index in [9.17, 15) is 8.42 Å². The van der Waals surface area contributed by atoms with Crippen molar-refractivity contribution in [2.75, 3.05) is 37.1 Å². The van der Waals surface area contributed by atoms with Crippen molar-refractivity contribution in [2.45, 2.75) is 31.4 Å². The zero-order valence-electron chi connectivity index (χ0n) is 22.0. The number of aromatic nitrogens is 4. The third-order valence-corrected chi connectivity index (χ3v) is 8.16. The van der Waals surface area contributed by atoms with Gasteiger partial charge in [-0.25, -0.2) is 13.4 Å². The lowest BCUT2D eigenvalue weighted by molar-refractivity contribution is 0.413. The summed E-state index contributed by atoms with van der Waals surface area (Å²) in [4.78, 5) is 17.8. The minimum atomic E-state index is -3.35. The molecule has 1 aliphatic rings. The summed E-state index contributed by atoms with van der Waals surface area (Å²) in [6, 6.07) is 7.76. The Kier molecular flexibility index (Phi) is 7.96. The summed E-state index contributed by atoms with van der Waals surface area (Å²) in [5, 5.41) is 9.98. The fourth-order valence-electron chi connectivity index (χ4n) is 4.93. The first-order valence-electron chi connectivity index (χ1n) is 12.6. The molecule has 1 saturated heterocycles. The Morgan fingerprint density at radius 1 is 1.08 bits per heavy atom. The van der Waals surface area contributed by atoms with E-state index in [1.54, 1.807) is 37.8 Å². The van der Waals surface area contributed by atoms with Gasteiger partial charge in [0, 0.05) is 36.1 Å². The highest BCUT2D eigenvalue weighted by atomic mass is 79.9. The van der Waals surface area contributed by atoms with Crippen molar-refractivity contribution < 1.29 is 13.2 Å². The zero-order valence-corrected chi connectivity index (χ0v) is 24.4. The maximum Gasteiger partial charge on any atom is 0.229 e. The molecule has 12 heteroatoms. The predicted molar refractivity (Wildman–Crippen MR) is 157 cm³/mol. The fraction of sp³-hybridized carbons (Fsp3) is 0.333. The van der Waals surface area contributed by atoms with Crippen LogP contribution >= 0.6 is 15.9 Å².